The van der Waals surface area contributed by atoms with Crippen molar-refractivity contribution in [1.82, 2.24) is 10.2 Å². The average molecular weight is 240 g/mol. The minimum atomic E-state index is -4.47. The zero-order valence-electron chi connectivity index (χ0n) is 8.44. The first-order valence-corrected chi connectivity index (χ1v) is 4.67. The third kappa shape index (κ3) is 2.35. The van der Waals surface area contributed by atoms with Crippen molar-refractivity contribution in [2.45, 2.75) is 6.18 Å². The summed E-state index contributed by atoms with van der Waals surface area (Å²) >= 11 is 0. The van der Waals surface area contributed by atoms with Gasteiger partial charge in [-0.2, -0.15) is 23.4 Å². The Bertz CT molecular complexity index is 526. The molecule has 1 aromatic carbocycles. The number of aromatic hydroxyl groups is 1. The lowest BCUT2D eigenvalue weighted by atomic mass is 10.1. The predicted octanol–water partition coefficient (Wildman–Crippen LogP) is 2.87. The molecule has 1 N–H and O–H groups in total. The average Bonchev–Trinajstić information content (AvgIpc) is 2.29. The summed E-state index contributed by atoms with van der Waals surface area (Å²) in [5.41, 5.74) is -0.368. The molecule has 0 spiro atoms. The number of nitrogens with zero attached hydrogens (tertiary/aromatic N) is 2. The number of benzene rings is 1. The van der Waals surface area contributed by atoms with Gasteiger partial charge in [-0.1, -0.05) is 0 Å². The van der Waals surface area contributed by atoms with E-state index in [4.69, 9.17) is 0 Å². The quantitative estimate of drug-likeness (QED) is 0.833. The van der Waals surface area contributed by atoms with Gasteiger partial charge in [-0.05, 0) is 30.3 Å². The van der Waals surface area contributed by atoms with Crippen LogP contribution >= 0.6 is 0 Å². The Morgan fingerprint density at radius 1 is 1.12 bits per heavy atom. The molecule has 0 amide bonds. The standard InChI is InChI=1S/C11H7F3N2O/c12-11(13,14)7-3-4-8(10(17)6-7)9-2-1-5-15-16-9/h1-6,17H. The molecule has 0 unspecified atom stereocenters. The number of aromatic nitrogens is 2. The SMILES string of the molecule is Oc1cc(C(F)(F)F)ccc1-c1cccnn1. The first kappa shape index (κ1) is 11.4. The number of rotatable bonds is 1. The van der Waals surface area contributed by atoms with Gasteiger partial charge in [0.25, 0.3) is 0 Å². The molecule has 0 aliphatic heterocycles. The second-order valence-electron chi connectivity index (χ2n) is 3.34. The minimum absolute atomic E-state index is 0.214. The summed E-state index contributed by atoms with van der Waals surface area (Å²) in [4.78, 5) is 0. The van der Waals surface area contributed by atoms with Crippen LogP contribution in [0.15, 0.2) is 36.5 Å². The van der Waals surface area contributed by atoms with E-state index < -0.39 is 17.5 Å². The fraction of sp³-hybridized carbons (Fsp3) is 0.0909. The van der Waals surface area contributed by atoms with Crippen LogP contribution in [0.1, 0.15) is 5.56 Å². The van der Waals surface area contributed by atoms with Crippen LogP contribution in [-0.2, 0) is 6.18 Å². The zero-order valence-corrected chi connectivity index (χ0v) is 8.44. The molecule has 0 saturated carbocycles. The van der Waals surface area contributed by atoms with Crippen molar-refractivity contribution in [3.63, 3.8) is 0 Å². The Morgan fingerprint density at radius 3 is 2.41 bits per heavy atom. The maximum Gasteiger partial charge on any atom is 0.416 e. The molecule has 1 heterocycles. The van der Waals surface area contributed by atoms with E-state index in [1.54, 1.807) is 12.1 Å². The van der Waals surface area contributed by atoms with Gasteiger partial charge in [0, 0.05) is 11.8 Å². The van der Waals surface area contributed by atoms with E-state index in [0.29, 0.717) is 11.8 Å². The highest BCUT2D eigenvalue weighted by Crippen LogP contribution is 2.35. The molecule has 2 rings (SSSR count). The Kier molecular flexibility index (Phi) is 2.71. The third-order valence-corrected chi connectivity index (χ3v) is 2.17. The van der Waals surface area contributed by atoms with E-state index in [9.17, 15) is 18.3 Å². The third-order valence-electron chi connectivity index (χ3n) is 2.17. The van der Waals surface area contributed by atoms with E-state index in [-0.39, 0.29) is 5.56 Å². The molecule has 17 heavy (non-hydrogen) atoms. The highest BCUT2D eigenvalue weighted by atomic mass is 19.4. The molecule has 6 heteroatoms. The van der Waals surface area contributed by atoms with E-state index in [0.717, 1.165) is 6.07 Å². The lowest BCUT2D eigenvalue weighted by Crippen LogP contribution is -2.04. The molecule has 0 aliphatic carbocycles. The second kappa shape index (κ2) is 4.04. The normalized spacial score (nSPS) is 11.5. The lowest BCUT2D eigenvalue weighted by Gasteiger charge is -2.09. The Morgan fingerprint density at radius 2 is 1.88 bits per heavy atom. The Balaban J connectivity index is 2.46. The van der Waals surface area contributed by atoms with E-state index >= 15 is 0 Å². The molecule has 2 aromatic rings. The van der Waals surface area contributed by atoms with Gasteiger partial charge in [0.2, 0.25) is 0 Å². The maximum atomic E-state index is 12.4. The van der Waals surface area contributed by atoms with Crippen molar-refractivity contribution >= 4 is 0 Å². The van der Waals surface area contributed by atoms with Crippen LogP contribution in [0.5, 0.6) is 5.75 Å². The number of halogens is 3. The van der Waals surface area contributed by atoms with Crippen LogP contribution < -0.4 is 0 Å². The largest absolute Gasteiger partial charge is 0.507 e. The summed E-state index contributed by atoms with van der Waals surface area (Å²) in [5, 5.41) is 16.8. The van der Waals surface area contributed by atoms with Gasteiger partial charge in [0.1, 0.15) is 5.75 Å². The fourth-order valence-electron chi connectivity index (χ4n) is 1.37. The van der Waals surface area contributed by atoms with Gasteiger partial charge in [-0.3, -0.25) is 0 Å². The van der Waals surface area contributed by atoms with Gasteiger partial charge < -0.3 is 5.11 Å². The molecule has 3 nitrogen and oxygen atoms in total. The van der Waals surface area contributed by atoms with Crippen LogP contribution in [-0.4, -0.2) is 15.3 Å². The predicted molar refractivity (Wildman–Crippen MR) is 54.1 cm³/mol. The maximum absolute atomic E-state index is 12.4. The number of hydrogen-bond acceptors (Lipinski definition) is 3. The minimum Gasteiger partial charge on any atom is -0.507 e. The van der Waals surface area contributed by atoms with Gasteiger partial charge in [-0.15, -0.1) is 0 Å². The summed E-state index contributed by atoms with van der Waals surface area (Å²) in [6.45, 7) is 0. The molecule has 0 saturated heterocycles. The molecule has 0 aliphatic rings. The molecule has 0 bridgehead atoms. The highest BCUT2D eigenvalue weighted by molar-refractivity contribution is 5.66. The smallest absolute Gasteiger partial charge is 0.416 e. The van der Waals surface area contributed by atoms with Gasteiger partial charge >= 0.3 is 6.18 Å². The van der Waals surface area contributed by atoms with Crippen molar-refractivity contribution in [2.24, 2.45) is 0 Å². The molecule has 0 fully saturated rings. The first-order chi connectivity index (χ1) is 7.98. The number of phenolic OH excluding ortho intramolecular Hbond substituents is 1. The van der Waals surface area contributed by atoms with E-state index in [1.807, 2.05) is 0 Å². The number of hydrogen-bond donors (Lipinski definition) is 1. The summed E-state index contributed by atoms with van der Waals surface area (Å²) in [6.07, 6.45) is -3.04. The van der Waals surface area contributed by atoms with Crippen molar-refractivity contribution in [2.75, 3.05) is 0 Å². The lowest BCUT2D eigenvalue weighted by molar-refractivity contribution is -0.137. The first-order valence-electron chi connectivity index (χ1n) is 4.67. The van der Waals surface area contributed by atoms with Crippen molar-refractivity contribution in [3.05, 3.63) is 42.1 Å². The highest BCUT2D eigenvalue weighted by Gasteiger charge is 2.31. The van der Waals surface area contributed by atoms with Crippen molar-refractivity contribution in [1.29, 1.82) is 0 Å². The second-order valence-corrected chi connectivity index (χ2v) is 3.34. The Labute approximate surface area is 94.6 Å². The van der Waals surface area contributed by atoms with E-state index in [2.05, 4.69) is 10.2 Å². The van der Waals surface area contributed by atoms with Crippen molar-refractivity contribution < 1.29 is 18.3 Å². The summed E-state index contributed by atoms with van der Waals surface area (Å²) in [6, 6.07) is 5.87. The van der Waals surface area contributed by atoms with Crippen LogP contribution in [0.3, 0.4) is 0 Å². The van der Waals surface area contributed by atoms with Crippen LogP contribution in [0.2, 0.25) is 0 Å². The van der Waals surface area contributed by atoms with Crippen LogP contribution in [0, 0.1) is 0 Å². The van der Waals surface area contributed by atoms with Crippen molar-refractivity contribution in [3.8, 4) is 17.0 Å². The summed E-state index contributed by atoms with van der Waals surface area (Å²) < 4.78 is 37.1. The Hall–Kier alpha value is -2.11. The van der Waals surface area contributed by atoms with Crippen LogP contribution in [0.25, 0.3) is 11.3 Å². The molecule has 88 valence electrons. The molecular weight excluding hydrogens is 233 g/mol. The molecule has 0 radical (unpaired) electrons. The summed E-state index contributed by atoms with van der Waals surface area (Å²) in [5.74, 6) is -0.472. The molecule has 0 atom stereocenters. The molecule has 1 aromatic heterocycles. The monoisotopic (exact) mass is 240 g/mol. The zero-order chi connectivity index (χ0) is 12.5. The number of alkyl halides is 3. The topological polar surface area (TPSA) is 46.0 Å². The van der Waals surface area contributed by atoms with Gasteiger partial charge in [0.05, 0.1) is 11.3 Å². The van der Waals surface area contributed by atoms with Crippen LogP contribution in [0.4, 0.5) is 13.2 Å². The number of phenols is 1. The van der Waals surface area contributed by atoms with Gasteiger partial charge in [-0.25, -0.2) is 0 Å². The summed E-state index contributed by atoms with van der Waals surface area (Å²) in [7, 11) is 0. The van der Waals surface area contributed by atoms with Gasteiger partial charge in [0.15, 0.2) is 0 Å². The van der Waals surface area contributed by atoms with E-state index in [1.165, 1.54) is 12.3 Å². The molecular formula is C11H7F3N2O. The fourth-order valence-corrected chi connectivity index (χ4v) is 1.37.